The summed E-state index contributed by atoms with van der Waals surface area (Å²) < 4.78 is 24.1. The van der Waals surface area contributed by atoms with Crippen LogP contribution in [-0.4, -0.2) is 8.42 Å². The Kier molecular flexibility index (Phi) is 3.51. The van der Waals surface area contributed by atoms with Crippen LogP contribution in [0, 0.1) is 13.5 Å². The van der Waals surface area contributed by atoms with Crippen molar-refractivity contribution in [2.45, 2.75) is 25.7 Å². The normalized spacial score (nSPS) is 10.6. The van der Waals surface area contributed by atoms with Gasteiger partial charge in [0, 0.05) is 0 Å². The molecule has 0 atom stereocenters. The van der Waals surface area contributed by atoms with Crippen LogP contribution in [-0.2, 0) is 9.84 Å². The minimum Gasteiger partial charge on any atom is -0.230 e. The smallest absolute Gasteiger partial charge is 0.230 e. The number of hydrogen-bond donors (Lipinski definition) is 0. The standard InChI is InChI=1S/C12H13NO2S/c1-9(2)12(13-4)16(14,15)11-7-5-10(3)6-8-11/h5-8H,1-3H3. The van der Waals surface area contributed by atoms with Crippen LogP contribution in [0.2, 0.25) is 0 Å². The van der Waals surface area contributed by atoms with Crippen LogP contribution < -0.4 is 0 Å². The molecule has 1 aromatic rings. The lowest BCUT2D eigenvalue weighted by Gasteiger charge is -2.04. The van der Waals surface area contributed by atoms with Gasteiger partial charge in [-0.2, -0.15) is 0 Å². The summed E-state index contributed by atoms with van der Waals surface area (Å²) in [6, 6.07) is 6.50. The molecular formula is C12H13NO2S. The Labute approximate surface area is 96.2 Å². The van der Waals surface area contributed by atoms with E-state index in [4.69, 9.17) is 6.57 Å². The van der Waals surface area contributed by atoms with Crippen molar-refractivity contribution < 1.29 is 8.42 Å². The number of nitrogens with zero attached hydrogens (tertiary/aromatic N) is 1. The molecule has 0 bridgehead atoms. The molecular weight excluding hydrogens is 222 g/mol. The van der Waals surface area contributed by atoms with E-state index in [2.05, 4.69) is 4.85 Å². The van der Waals surface area contributed by atoms with Crippen molar-refractivity contribution in [2.24, 2.45) is 0 Å². The molecule has 1 rings (SSSR count). The molecule has 0 saturated heterocycles. The van der Waals surface area contributed by atoms with Crippen molar-refractivity contribution in [3.8, 4) is 0 Å². The fourth-order valence-electron chi connectivity index (χ4n) is 1.27. The van der Waals surface area contributed by atoms with Crippen LogP contribution in [0.25, 0.3) is 4.85 Å². The zero-order valence-electron chi connectivity index (χ0n) is 9.48. The van der Waals surface area contributed by atoms with E-state index in [1.165, 1.54) is 12.1 Å². The zero-order valence-corrected chi connectivity index (χ0v) is 10.3. The van der Waals surface area contributed by atoms with Gasteiger partial charge in [-0.3, -0.25) is 0 Å². The fourth-order valence-corrected chi connectivity index (χ4v) is 2.64. The lowest BCUT2D eigenvalue weighted by atomic mass is 10.2. The summed E-state index contributed by atoms with van der Waals surface area (Å²) in [6.07, 6.45) is 0. The van der Waals surface area contributed by atoms with E-state index >= 15 is 0 Å². The first-order valence-corrected chi connectivity index (χ1v) is 6.24. The lowest BCUT2D eigenvalue weighted by molar-refractivity contribution is 0.602. The van der Waals surface area contributed by atoms with Crippen molar-refractivity contribution in [1.82, 2.24) is 0 Å². The predicted octanol–water partition coefficient (Wildman–Crippen LogP) is 2.94. The van der Waals surface area contributed by atoms with Crippen LogP contribution in [0.4, 0.5) is 0 Å². The SMILES string of the molecule is [C-]#[N+]C(=C(C)C)S(=O)(=O)c1ccc(C)cc1. The van der Waals surface area contributed by atoms with Gasteiger partial charge in [0.1, 0.15) is 0 Å². The Morgan fingerprint density at radius 3 is 2.06 bits per heavy atom. The average Bonchev–Trinajstić information content (AvgIpc) is 2.18. The quantitative estimate of drug-likeness (QED) is 0.739. The second-order valence-electron chi connectivity index (χ2n) is 3.73. The summed E-state index contributed by atoms with van der Waals surface area (Å²) in [6.45, 7) is 12.1. The van der Waals surface area contributed by atoms with Gasteiger partial charge >= 0.3 is 0 Å². The highest BCUT2D eigenvalue weighted by Crippen LogP contribution is 2.23. The molecule has 0 saturated carbocycles. The van der Waals surface area contributed by atoms with Crippen molar-refractivity contribution in [2.75, 3.05) is 0 Å². The molecule has 84 valence electrons. The number of sulfone groups is 1. The number of hydrogen-bond acceptors (Lipinski definition) is 2. The number of rotatable bonds is 2. The van der Waals surface area contributed by atoms with E-state index in [-0.39, 0.29) is 9.92 Å². The molecule has 0 aliphatic rings. The van der Waals surface area contributed by atoms with Gasteiger partial charge in [-0.1, -0.05) is 37.1 Å². The zero-order chi connectivity index (χ0) is 12.3. The summed E-state index contributed by atoms with van der Waals surface area (Å²) in [5, 5.41) is -0.184. The molecule has 0 fully saturated rings. The minimum absolute atomic E-state index is 0.172. The van der Waals surface area contributed by atoms with Gasteiger partial charge < -0.3 is 0 Å². The molecule has 0 heterocycles. The van der Waals surface area contributed by atoms with Gasteiger partial charge in [0.2, 0.25) is 9.84 Å². The van der Waals surface area contributed by atoms with Gasteiger partial charge in [-0.05, 0) is 19.1 Å². The van der Waals surface area contributed by atoms with E-state index < -0.39 is 9.84 Å². The summed E-state index contributed by atoms with van der Waals surface area (Å²) in [5.41, 5.74) is 1.50. The first-order valence-electron chi connectivity index (χ1n) is 4.76. The average molecular weight is 235 g/mol. The molecule has 0 radical (unpaired) electrons. The molecule has 0 aliphatic carbocycles. The number of aryl methyl sites for hydroxylation is 1. The highest BCUT2D eigenvalue weighted by molar-refractivity contribution is 7.95. The van der Waals surface area contributed by atoms with Gasteiger partial charge in [-0.25, -0.2) is 13.3 Å². The Bertz CT molecular complexity index is 556. The highest BCUT2D eigenvalue weighted by Gasteiger charge is 2.22. The molecule has 0 spiro atoms. The fraction of sp³-hybridized carbons (Fsp3) is 0.250. The number of allylic oxidation sites excluding steroid dienone is 1. The number of benzene rings is 1. The maximum absolute atomic E-state index is 12.0. The topological polar surface area (TPSA) is 38.5 Å². The van der Waals surface area contributed by atoms with Crippen LogP contribution >= 0.6 is 0 Å². The monoisotopic (exact) mass is 235 g/mol. The Morgan fingerprint density at radius 1 is 1.19 bits per heavy atom. The van der Waals surface area contributed by atoms with E-state index in [0.717, 1.165) is 5.56 Å². The largest absolute Gasteiger partial charge is 0.281 e. The van der Waals surface area contributed by atoms with E-state index in [9.17, 15) is 8.42 Å². The molecule has 0 N–H and O–H groups in total. The second-order valence-corrected chi connectivity index (χ2v) is 5.60. The van der Waals surface area contributed by atoms with Crippen LogP contribution in [0.15, 0.2) is 39.8 Å². The van der Waals surface area contributed by atoms with Gasteiger partial charge in [0.25, 0.3) is 5.03 Å². The van der Waals surface area contributed by atoms with Crippen LogP contribution in [0.3, 0.4) is 0 Å². The first kappa shape index (κ1) is 12.5. The van der Waals surface area contributed by atoms with Crippen molar-refractivity contribution in [3.63, 3.8) is 0 Å². The molecule has 16 heavy (non-hydrogen) atoms. The Morgan fingerprint density at radius 2 is 1.69 bits per heavy atom. The Hall–Kier alpha value is -1.60. The highest BCUT2D eigenvalue weighted by atomic mass is 32.2. The molecule has 4 heteroatoms. The van der Waals surface area contributed by atoms with Gasteiger partial charge in [-0.15, -0.1) is 0 Å². The van der Waals surface area contributed by atoms with Crippen molar-refractivity contribution >= 4 is 9.84 Å². The van der Waals surface area contributed by atoms with E-state index in [0.29, 0.717) is 5.57 Å². The van der Waals surface area contributed by atoms with Crippen molar-refractivity contribution in [3.05, 3.63) is 51.8 Å². The summed E-state index contributed by atoms with van der Waals surface area (Å²) >= 11 is 0. The van der Waals surface area contributed by atoms with Gasteiger partial charge in [0.15, 0.2) is 0 Å². The molecule has 3 nitrogen and oxygen atoms in total. The molecule has 1 aromatic carbocycles. The summed E-state index contributed by atoms with van der Waals surface area (Å²) in [4.78, 5) is 3.27. The van der Waals surface area contributed by atoms with Crippen LogP contribution in [0.1, 0.15) is 19.4 Å². The third-order valence-corrected chi connectivity index (χ3v) is 4.02. The minimum atomic E-state index is -3.64. The van der Waals surface area contributed by atoms with Gasteiger partial charge in [0.05, 0.1) is 11.5 Å². The molecule has 0 aliphatic heterocycles. The lowest BCUT2D eigenvalue weighted by Crippen LogP contribution is -2.03. The maximum Gasteiger partial charge on any atom is 0.281 e. The maximum atomic E-state index is 12.0. The third kappa shape index (κ3) is 2.31. The summed E-state index contributed by atoms with van der Waals surface area (Å²) in [7, 11) is -3.64. The summed E-state index contributed by atoms with van der Waals surface area (Å²) in [5.74, 6) is 0. The van der Waals surface area contributed by atoms with E-state index in [1.54, 1.807) is 26.0 Å². The third-order valence-electron chi connectivity index (χ3n) is 2.12. The van der Waals surface area contributed by atoms with Crippen LogP contribution in [0.5, 0.6) is 0 Å². The molecule has 0 unspecified atom stereocenters. The molecule has 0 aromatic heterocycles. The second kappa shape index (κ2) is 4.50. The predicted molar refractivity (Wildman–Crippen MR) is 63.3 cm³/mol. The van der Waals surface area contributed by atoms with E-state index in [1.807, 2.05) is 6.92 Å². The first-order chi connectivity index (χ1) is 7.39. The Balaban J connectivity index is 3.40. The van der Waals surface area contributed by atoms with Crippen molar-refractivity contribution in [1.29, 1.82) is 0 Å². The molecule has 0 amide bonds.